The molecule has 1 aliphatic rings. The van der Waals surface area contributed by atoms with Crippen LogP contribution in [-0.2, 0) is 6.42 Å². The standard InChI is InChI=1S/C24H28FN3/c25-21-13-11-20(12-14-21)23-17-27-24(28-23)22(15-18-7-3-1-4-8-18)26-16-19-9-5-2-6-10-19/h1,3-4,7-8,11-14,17,19,22,26H,2,5-6,9-10,15-16H2,(H,27,28). The Kier molecular flexibility index (Phi) is 6.17. The number of benzene rings is 2. The van der Waals surface area contributed by atoms with E-state index in [1.165, 1.54) is 49.8 Å². The fraction of sp³-hybridized carbons (Fsp3) is 0.375. The third-order valence-electron chi connectivity index (χ3n) is 5.74. The maximum absolute atomic E-state index is 13.2. The highest BCUT2D eigenvalue weighted by Gasteiger charge is 2.19. The number of nitrogens with zero attached hydrogens (tertiary/aromatic N) is 1. The molecule has 146 valence electrons. The van der Waals surface area contributed by atoms with Crippen LogP contribution in [0.2, 0.25) is 0 Å². The summed E-state index contributed by atoms with van der Waals surface area (Å²) in [6.07, 6.45) is 9.47. The number of aromatic nitrogens is 2. The van der Waals surface area contributed by atoms with Gasteiger partial charge in [-0.25, -0.2) is 9.37 Å². The summed E-state index contributed by atoms with van der Waals surface area (Å²) in [7, 11) is 0. The Morgan fingerprint density at radius 2 is 1.75 bits per heavy atom. The molecule has 3 nitrogen and oxygen atoms in total. The van der Waals surface area contributed by atoms with Crippen LogP contribution in [0, 0.1) is 11.7 Å². The van der Waals surface area contributed by atoms with Crippen LogP contribution in [0.25, 0.3) is 11.3 Å². The minimum atomic E-state index is -0.223. The fourth-order valence-electron chi connectivity index (χ4n) is 4.11. The number of H-pyrrole nitrogens is 1. The number of halogens is 1. The molecule has 0 saturated heterocycles. The normalized spacial score (nSPS) is 16.2. The number of hydrogen-bond acceptors (Lipinski definition) is 2. The van der Waals surface area contributed by atoms with Gasteiger partial charge in [-0.1, -0.05) is 49.6 Å². The van der Waals surface area contributed by atoms with E-state index in [4.69, 9.17) is 0 Å². The van der Waals surface area contributed by atoms with E-state index in [9.17, 15) is 4.39 Å². The van der Waals surface area contributed by atoms with Crippen molar-refractivity contribution in [3.8, 4) is 11.3 Å². The molecule has 0 radical (unpaired) electrons. The van der Waals surface area contributed by atoms with E-state index in [0.29, 0.717) is 0 Å². The van der Waals surface area contributed by atoms with Crippen molar-refractivity contribution in [3.05, 3.63) is 78.0 Å². The Hall–Kier alpha value is -2.46. The van der Waals surface area contributed by atoms with Crippen molar-refractivity contribution in [2.24, 2.45) is 5.92 Å². The molecule has 1 saturated carbocycles. The van der Waals surface area contributed by atoms with E-state index in [-0.39, 0.29) is 11.9 Å². The van der Waals surface area contributed by atoms with Crippen molar-refractivity contribution < 1.29 is 4.39 Å². The van der Waals surface area contributed by atoms with Crippen molar-refractivity contribution in [1.82, 2.24) is 15.3 Å². The number of imidazole rings is 1. The zero-order valence-electron chi connectivity index (χ0n) is 16.2. The second-order valence-corrected chi connectivity index (χ2v) is 7.84. The van der Waals surface area contributed by atoms with E-state index in [1.807, 2.05) is 12.3 Å². The second kappa shape index (κ2) is 9.16. The number of nitrogens with one attached hydrogen (secondary N) is 2. The average Bonchev–Trinajstić information content (AvgIpc) is 3.23. The molecule has 1 fully saturated rings. The predicted octanol–water partition coefficient (Wildman–Crippen LogP) is 5.67. The molecule has 1 aliphatic carbocycles. The summed E-state index contributed by atoms with van der Waals surface area (Å²) in [5.41, 5.74) is 3.17. The van der Waals surface area contributed by atoms with Gasteiger partial charge in [0, 0.05) is 0 Å². The first-order valence-corrected chi connectivity index (χ1v) is 10.4. The molecule has 28 heavy (non-hydrogen) atoms. The topological polar surface area (TPSA) is 40.7 Å². The van der Waals surface area contributed by atoms with Crippen LogP contribution in [-0.4, -0.2) is 16.5 Å². The predicted molar refractivity (Wildman–Crippen MR) is 111 cm³/mol. The van der Waals surface area contributed by atoms with Gasteiger partial charge in [0.05, 0.1) is 17.9 Å². The molecule has 4 heteroatoms. The minimum Gasteiger partial charge on any atom is -0.341 e. The zero-order valence-corrected chi connectivity index (χ0v) is 16.2. The zero-order chi connectivity index (χ0) is 19.2. The van der Waals surface area contributed by atoms with E-state index in [2.05, 4.69) is 39.6 Å². The molecule has 2 N–H and O–H groups in total. The van der Waals surface area contributed by atoms with Crippen molar-refractivity contribution in [2.75, 3.05) is 6.54 Å². The van der Waals surface area contributed by atoms with Gasteiger partial charge in [-0.3, -0.25) is 0 Å². The fourth-order valence-corrected chi connectivity index (χ4v) is 4.11. The smallest absolute Gasteiger partial charge is 0.124 e. The van der Waals surface area contributed by atoms with Gasteiger partial charge in [0.2, 0.25) is 0 Å². The molecule has 1 unspecified atom stereocenters. The maximum atomic E-state index is 13.2. The third kappa shape index (κ3) is 4.87. The Bertz CT molecular complexity index is 851. The SMILES string of the molecule is Fc1ccc(-c2cnc(C(Cc3ccccc3)NCC3CCCCC3)[nH]2)cc1. The highest BCUT2D eigenvalue weighted by atomic mass is 19.1. The number of rotatable bonds is 7. The van der Waals surface area contributed by atoms with Gasteiger partial charge in [-0.2, -0.15) is 0 Å². The number of aromatic amines is 1. The van der Waals surface area contributed by atoms with Crippen LogP contribution >= 0.6 is 0 Å². The highest BCUT2D eigenvalue weighted by molar-refractivity contribution is 5.58. The van der Waals surface area contributed by atoms with Crippen LogP contribution < -0.4 is 5.32 Å². The average molecular weight is 378 g/mol. The van der Waals surface area contributed by atoms with Gasteiger partial charge in [0.15, 0.2) is 0 Å². The largest absolute Gasteiger partial charge is 0.341 e. The van der Waals surface area contributed by atoms with E-state index in [0.717, 1.165) is 36.0 Å². The molecule has 4 rings (SSSR count). The van der Waals surface area contributed by atoms with Gasteiger partial charge >= 0.3 is 0 Å². The molecule has 0 amide bonds. The molecule has 1 heterocycles. The Balaban J connectivity index is 1.51. The molecule has 1 aromatic heterocycles. The van der Waals surface area contributed by atoms with E-state index < -0.39 is 0 Å². The van der Waals surface area contributed by atoms with Crippen LogP contribution in [0.5, 0.6) is 0 Å². The molecule has 1 atom stereocenters. The Morgan fingerprint density at radius 3 is 2.50 bits per heavy atom. The molecule has 3 aromatic rings. The first kappa shape index (κ1) is 18.9. The molecule has 2 aromatic carbocycles. The van der Waals surface area contributed by atoms with E-state index in [1.54, 1.807) is 12.1 Å². The van der Waals surface area contributed by atoms with Crippen molar-refractivity contribution in [1.29, 1.82) is 0 Å². The van der Waals surface area contributed by atoms with Crippen LogP contribution in [0.1, 0.15) is 49.5 Å². The van der Waals surface area contributed by atoms with Gasteiger partial charge < -0.3 is 10.3 Å². The summed E-state index contributed by atoms with van der Waals surface area (Å²) in [6, 6.07) is 17.2. The second-order valence-electron chi connectivity index (χ2n) is 7.84. The summed E-state index contributed by atoms with van der Waals surface area (Å²) in [5, 5.41) is 3.77. The lowest BCUT2D eigenvalue weighted by molar-refractivity contribution is 0.325. The Labute approximate surface area is 166 Å². The van der Waals surface area contributed by atoms with Gasteiger partial charge in [-0.05, 0) is 67.1 Å². The quantitative estimate of drug-likeness (QED) is 0.557. The molecular weight excluding hydrogens is 349 g/mol. The summed E-state index contributed by atoms with van der Waals surface area (Å²) < 4.78 is 13.2. The lowest BCUT2D eigenvalue weighted by Gasteiger charge is -2.25. The Morgan fingerprint density at radius 1 is 1.00 bits per heavy atom. The summed E-state index contributed by atoms with van der Waals surface area (Å²) >= 11 is 0. The number of hydrogen-bond donors (Lipinski definition) is 2. The van der Waals surface area contributed by atoms with Crippen molar-refractivity contribution in [2.45, 2.75) is 44.6 Å². The monoisotopic (exact) mass is 377 g/mol. The van der Waals surface area contributed by atoms with Gasteiger partial charge in [0.25, 0.3) is 0 Å². The molecular formula is C24H28FN3. The van der Waals surface area contributed by atoms with Gasteiger partial charge in [-0.15, -0.1) is 0 Å². The molecule has 0 bridgehead atoms. The van der Waals surface area contributed by atoms with Crippen LogP contribution in [0.3, 0.4) is 0 Å². The first-order valence-electron chi connectivity index (χ1n) is 10.4. The summed E-state index contributed by atoms with van der Waals surface area (Å²) in [4.78, 5) is 8.12. The van der Waals surface area contributed by atoms with Gasteiger partial charge in [0.1, 0.15) is 11.6 Å². The summed E-state index contributed by atoms with van der Waals surface area (Å²) in [5.74, 6) is 1.48. The third-order valence-corrected chi connectivity index (χ3v) is 5.74. The lowest BCUT2D eigenvalue weighted by atomic mass is 9.89. The molecule has 0 spiro atoms. The van der Waals surface area contributed by atoms with Crippen LogP contribution in [0.15, 0.2) is 60.8 Å². The minimum absolute atomic E-state index is 0.138. The highest BCUT2D eigenvalue weighted by Crippen LogP contribution is 2.25. The molecule has 0 aliphatic heterocycles. The van der Waals surface area contributed by atoms with Crippen molar-refractivity contribution >= 4 is 0 Å². The van der Waals surface area contributed by atoms with E-state index >= 15 is 0 Å². The van der Waals surface area contributed by atoms with Crippen LogP contribution in [0.4, 0.5) is 4.39 Å². The summed E-state index contributed by atoms with van der Waals surface area (Å²) in [6.45, 7) is 1.03. The van der Waals surface area contributed by atoms with Crippen molar-refractivity contribution in [3.63, 3.8) is 0 Å². The maximum Gasteiger partial charge on any atom is 0.124 e. The first-order chi connectivity index (χ1) is 13.8. The lowest BCUT2D eigenvalue weighted by Crippen LogP contribution is -2.30.